The monoisotopic (exact) mass is 693 g/mol. The molecule has 2 N–H and O–H groups in total. The van der Waals surface area contributed by atoms with Gasteiger partial charge in [0.1, 0.15) is 11.7 Å². The summed E-state index contributed by atoms with van der Waals surface area (Å²) in [7, 11) is 1.28. The molecule has 0 unspecified atom stereocenters. The summed E-state index contributed by atoms with van der Waals surface area (Å²) < 4.78 is 5.15. The maximum Gasteiger partial charge on any atom is 1.00 e. The summed E-state index contributed by atoms with van der Waals surface area (Å²) in [6.07, 6.45) is 8.62. The molecule has 0 aromatic carbocycles. The number of methoxy groups -OCH3 is 1. The average Bonchev–Trinajstić information content (AvgIpc) is 3.72. The van der Waals surface area contributed by atoms with Crippen LogP contribution in [-0.2, 0) is 31.4 Å². The van der Waals surface area contributed by atoms with E-state index in [1.807, 2.05) is 39.0 Å². The number of aliphatic carboxylic acids is 1. The van der Waals surface area contributed by atoms with Gasteiger partial charge in [-0.25, -0.2) is 9.98 Å². The van der Waals surface area contributed by atoms with Crippen molar-refractivity contribution in [2.24, 2.45) is 32.7 Å². The smallest absolute Gasteiger partial charge is 0.657 e. The number of nitrogens with zero attached hydrogens (tertiary/aromatic N) is 4. The van der Waals surface area contributed by atoms with Crippen LogP contribution < -0.4 is 66.9 Å². The molecule has 237 valence electrons. The van der Waals surface area contributed by atoms with Gasteiger partial charge in [-0.3, -0.25) is 14.6 Å². The Hall–Kier alpha value is -2.63. The Labute approximate surface area is 321 Å². The molecule has 6 rings (SSSR count). The van der Waals surface area contributed by atoms with Crippen LogP contribution in [0.1, 0.15) is 58.2 Å². The Balaban J connectivity index is 0.00000240. The maximum atomic E-state index is 13.2. The summed E-state index contributed by atoms with van der Waals surface area (Å²) in [5.74, 6) is -3.34. The van der Waals surface area contributed by atoms with E-state index in [1.54, 1.807) is 6.08 Å². The Bertz CT molecular complexity index is 1970. The number of allylic oxidation sites excluding steroid dienone is 7. The van der Waals surface area contributed by atoms with Gasteiger partial charge >= 0.3 is 63.3 Å². The predicted molar refractivity (Wildman–Crippen MR) is 171 cm³/mol. The van der Waals surface area contributed by atoms with Crippen LogP contribution in [0, 0.1) is 24.7 Å². The normalized spacial score (nSPS) is 22.8. The standard InChI is InChI=1S/C35H36N4O5.Cu.K/c1-8-19-15(3)22-12-24-17(5)21(10-11-28(40)41)32(38-24)30-31(35(43)44-7)34(42)29-18(6)25(39-33(29)30)14-27-20(9-2)16(4)23(37-27)13-26(19)36-22;;/h8,12-14,17,21,31H,1,9-11H2,2-7H3,(H3,36,37,38,39,40,41,42);;/q;;+1/p-1/t17-,21-,31+;;/m0../s1. The molecule has 0 saturated heterocycles. The maximum absolute atomic E-state index is 13.2. The van der Waals surface area contributed by atoms with Crippen LogP contribution in [0.4, 0.5) is 0 Å². The van der Waals surface area contributed by atoms with Gasteiger partial charge in [0.25, 0.3) is 0 Å². The summed E-state index contributed by atoms with van der Waals surface area (Å²) in [4.78, 5) is 45.0. The van der Waals surface area contributed by atoms with Crippen LogP contribution in [0.15, 0.2) is 79.2 Å². The molecule has 11 heteroatoms. The molecule has 46 heavy (non-hydrogen) atoms. The molecule has 8 bridgehead atoms. The number of aliphatic hydroxyl groups excluding tert-OH is 1. The number of esters is 1. The molecular weight excluding hydrogens is 659 g/mol. The van der Waals surface area contributed by atoms with Crippen LogP contribution in [0.25, 0.3) is 17.4 Å². The molecule has 5 heterocycles. The van der Waals surface area contributed by atoms with Crippen molar-refractivity contribution in [1.82, 2.24) is 4.98 Å². The first-order valence-corrected chi connectivity index (χ1v) is 14.9. The molecule has 5 aliphatic rings. The van der Waals surface area contributed by atoms with E-state index >= 15 is 0 Å². The minimum Gasteiger partial charge on any atom is -0.657 e. The summed E-state index contributed by atoms with van der Waals surface area (Å²) in [5, 5.41) is 22.1. The molecule has 1 aromatic heterocycles. The quantitative estimate of drug-likeness (QED) is 0.342. The van der Waals surface area contributed by atoms with Gasteiger partial charge < -0.3 is 19.9 Å². The number of fused-ring (bicyclic) bond motifs is 5. The van der Waals surface area contributed by atoms with E-state index in [-0.39, 0.29) is 92.5 Å². The van der Waals surface area contributed by atoms with E-state index in [9.17, 15) is 19.8 Å². The third kappa shape index (κ3) is 5.74. The number of ether oxygens (including phenoxy) is 1. The van der Waals surface area contributed by atoms with E-state index in [4.69, 9.17) is 24.7 Å². The van der Waals surface area contributed by atoms with Gasteiger partial charge in [0, 0.05) is 57.5 Å². The zero-order valence-electron chi connectivity index (χ0n) is 27.1. The van der Waals surface area contributed by atoms with Gasteiger partial charge in [-0.15, -0.1) is 11.0 Å². The predicted octanol–water partition coefficient (Wildman–Crippen LogP) is 1.41. The molecule has 9 nitrogen and oxygen atoms in total. The molecule has 0 saturated carbocycles. The number of aliphatic hydroxyl groups is 1. The van der Waals surface area contributed by atoms with Gasteiger partial charge in [0.15, 0.2) is 0 Å². The molecule has 0 fully saturated rings. The number of aromatic nitrogens is 1. The van der Waals surface area contributed by atoms with Crippen molar-refractivity contribution in [1.29, 1.82) is 0 Å². The first-order chi connectivity index (χ1) is 21.0. The minimum atomic E-state index is -1.12. The molecule has 1 aliphatic carbocycles. The van der Waals surface area contributed by atoms with E-state index < -0.39 is 17.9 Å². The van der Waals surface area contributed by atoms with Crippen LogP contribution >= 0.6 is 0 Å². The molecule has 3 atom stereocenters. The number of rotatable bonds is 6. The summed E-state index contributed by atoms with van der Waals surface area (Å²) in [5.41, 5.74) is 10.1. The third-order valence-electron chi connectivity index (χ3n) is 9.44. The van der Waals surface area contributed by atoms with Crippen LogP contribution in [0.3, 0.4) is 0 Å². The van der Waals surface area contributed by atoms with Gasteiger partial charge in [-0.05, 0) is 68.1 Å². The number of carboxylic acids is 1. The van der Waals surface area contributed by atoms with Crippen molar-refractivity contribution in [3.63, 3.8) is 0 Å². The topological polar surface area (TPSA) is 135 Å². The average molecular weight is 694 g/mol. The zero-order valence-corrected chi connectivity index (χ0v) is 31.1. The second-order valence-corrected chi connectivity index (χ2v) is 11.7. The Morgan fingerprint density at radius 2 is 1.74 bits per heavy atom. The minimum absolute atomic E-state index is 0. The molecule has 1 aromatic rings. The van der Waals surface area contributed by atoms with E-state index in [2.05, 4.69) is 20.4 Å². The molecule has 1 radical (unpaired) electrons. The van der Waals surface area contributed by atoms with Crippen LogP contribution in [0.5, 0.6) is 0 Å². The molecule has 0 amide bonds. The second-order valence-electron chi connectivity index (χ2n) is 11.7. The van der Waals surface area contributed by atoms with Crippen LogP contribution in [0.2, 0.25) is 0 Å². The Kier molecular flexibility index (Phi) is 10.9. The van der Waals surface area contributed by atoms with Gasteiger partial charge in [0.05, 0.1) is 29.9 Å². The number of aliphatic imine (C=N–C) groups is 3. The SMILES string of the molecule is C=CC1=C(C)C2=NC1=CC1=NC(=Cc3[n-]c4c(c3C)=C(O)[C@H](C(=O)OC)C=4C3=NC(=C2)[C@@H](C)[C@@H]3CCC(=O)O)C(CC)=C1C.[Cu].[K+]. The first kappa shape index (κ1) is 36.2. The largest absolute Gasteiger partial charge is 1.00 e. The van der Waals surface area contributed by atoms with Crippen molar-refractivity contribution in [2.45, 2.75) is 53.9 Å². The summed E-state index contributed by atoms with van der Waals surface area (Å²) in [6.45, 7) is 14.1. The summed E-state index contributed by atoms with van der Waals surface area (Å²) >= 11 is 0. The van der Waals surface area contributed by atoms with E-state index in [0.29, 0.717) is 39.7 Å². The molecule has 0 spiro atoms. The molecular formula is C35H35CuKN4O5. The van der Waals surface area contributed by atoms with Crippen molar-refractivity contribution < 1.29 is 93.0 Å². The van der Waals surface area contributed by atoms with Crippen molar-refractivity contribution >= 4 is 46.5 Å². The molecule has 4 aliphatic heterocycles. The van der Waals surface area contributed by atoms with Crippen molar-refractivity contribution in [2.75, 3.05) is 7.11 Å². The van der Waals surface area contributed by atoms with Crippen molar-refractivity contribution in [3.05, 3.63) is 86.0 Å². The van der Waals surface area contributed by atoms with E-state index in [0.717, 1.165) is 57.1 Å². The fourth-order valence-electron chi connectivity index (χ4n) is 6.95. The van der Waals surface area contributed by atoms with Crippen LogP contribution in [-0.4, -0.2) is 46.4 Å². The Morgan fingerprint density at radius 3 is 2.37 bits per heavy atom. The number of hydrogen-bond donors (Lipinski definition) is 2. The fourth-order valence-corrected chi connectivity index (χ4v) is 6.95. The third-order valence-corrected chi connectivity index (χ3v) is 9.44. The zero-order chi connectivity index (χ0) is 31.6. The number of carbonyl (C=O) groups is 2. The summed E-state index contributed by atoms with van der Waals surface area (Å²) in [6, 6.07) is 0. The number of carbonyl (C=O) groups excluding carboxylic acids is 1. The van der Waals surface area contributed by atoms with E-state index in [1.165, 1.54) is 7.11 Å². The van der Waals surface area contributed by atoms with Gasteiger partial charge in [-0.1, -0.05) is 38.1 Å². The Morgan fingerprint density at radius 1 is 1.07 bits per heavy atom. The number of carboxylic acid groups (broad SMARTS) is 1. The fraction of sp³-hybridized carbons (Fsp3) is 0.343. The van der Waals surface area contributed by atoms with Gasteiger partial charge in [-0.2, -0.15) is 0 Å². The van der Waals surface area contributed by atoms with Gasteiger partial charge in [0.2, 0.25) is 0 Å². The van der Waals surface area contributed by atoms with Crippen molar-refractivity contribution in [3.8, 4) is 0 Å². The second kappa shape index (κ2) is 13.8. The first-order valence-electron chi connectivity index (χ1n) is 14.9. The number of hydrogen-bond acceptors (Lipinski definition) is 7.